The highest BCUT2D eigenvalue weighted by Crippen LogP contribution is 2.23. The van der Waals surface area contributed by atoms with Crippen molar-refractivity contribution in [2.45, 2.75) is 6.54 Å². The third-order valence-electron chi connectivity index (χ3n) is 2.50. The van der Waals surface area contributed by atoms with Crippen molar-refractivity contribution in [3.8, 4) is 0 Å². The normalized spacial score (nSPS) is 10.3. The Hall–Kier alpha value is -1.26. The van der Waals surface area contributed by atoms with Gasteiger partial charge in [0.2, 0.25) is 0 Å². The molecule has 1 aromatic heterocycles. The van der Waals surface area contributed by atoms with Crippen LogP contribution in [0.1, 0.15) is 10.4 Å². The van der Waals surface area contributed by atoms with Crippen LogP contribution in [0, 0.1) is 0 Å². The second-order valence-electron chi connectivity index (χ2n) is 3.81. The summed E-state index contributed by atoms with van der Waals surface area (Å²) in [5.74, 6) is -0.114. The average molecular weight is 328 g/mol. The quantitative estimate of drug-likeness (QED) is 0.918. The van der Waals surface area contributed by atoms with E-state index in [1.54, 1.807) is 18.2 Å². The minimum absolute atomic E-state index is 0.114. The first kappa shape index (κ1) is 13.2. The lowest BCUT2D eigenvalue weighted by molar-refractivity contribution is 0.0952. The molecular formula is C13H12BrClN2O. The van der Waals surface area contributed by atoms with E-state index in [-0.39, 0.29) is 5.91 Å². The van der Waals surface area contributed by atoms with Crippen molar-refractivity contribution in [1.82, 2.24) is 9.88 Å². The highest BCUT2D eigenvalue weighted by atomic mass is 79.9. The van der Waals surface area contributed by atoms with Crippen LogP contribution in [-0.2, 0) is 6.54 Å². The van der Waals surface area contributed by atoms with Crippen LogP contribution in [-0.4, -0.2) is 17.0 Å². The standard InChI is InChI=1S/C13H12BrClN2O/c14-11-4-3-10(9-12(11)15)13(18)16-5-8-17-6-1-2-7-17/h1-4,6-7,9H,5,8H2,(H,16,18). The second kappa shape index (κ2) is 6.07. The molecule has 0 atom stereocenters. The monoisotopic (exact) mass is 326 g/mol. The average Bonchev–Trinajstić information content (AvgIpc) is 2.85. The summed E-state index contributed by atoms with van der Waals surface area (Å²) in [7, 11) is 0. The van der Waals surface area contributed by atoms with Crippen LogP contribution in [0.4, 0.5) is 0 Å². The molecule has 5 heteroatoms. The van der Waals surface area contributed by atoms with Gasteiger partial charge in [0.15, 0.2) is 0 Å². The molecule has 0 saturated carbocycles. The van der Waals surface area contributed by atoms with Crippen molar-refractivity contribution in [3.05, 3.63) is 57.8 Å². The third-order valence-corrected chi connectivity index (χ3v) is 3.74. The molecule has 3 nitrogen and oxygen atoms in total. The van der Waals surface area contributed by atoms with Crippen molar-refractivity contribution >= 4 is 33.4 Å². The molecule has 0 aliphatic heterocycles. The largest absolute Gasteiger partial charge is 0.353 e. The van der Waals surface area contributed by atoms with Crippen LogP contribution in [0.5, 0.6) is 0 Å². The van der Waals surface area contributed by atoms with E-state index in [1.165, 1.54) is 0 Å². The highest BCUT2D eigenvalue weighted by Gasteiger charge is 2.06. The Kier molecular flexibility index (Phi) is 4.44. The molecule has 0 radical (unpaired) electrons. The number of hydrogen-bond acceptors (Lipinski definition) is 1. The van der Waals surface area contributed by atoms with Crippen molar-refractivity contribution in [2.75, 3.05) is 6.54 Å². The molecule has 1 N–H and O–H groups in total. The van der Waals surface area contributed by atoms with Gasteiger partial charge in [-0.1, -0.05) is 11.6 Å². The highest BCUT2D eigenvalue weighted by molar-refractivity contribution is 9.10. The zero-order valence-electron chi connectivity index (χ0n) is 9.57. The van der Waals surface area contributed by atoms with Crippen LogP contribution < -0.4 is 5.32 Å². The molecule has 0 aliphatic carbocycles. The van der Waals surface area contributed by atoms with Gasteiger partial charge in [0.25, 0.3) is 5.91 Å². The summed E-state index contributed by atoms with van der Waals surface area (Å²) in [6.07, 6.45) is 3.92. The smallest absolute Gasteiger partial charge is 0.251 e. The lowest BCUT2D eigenvalue weighted by atomic mass is 10.2. The first-order chi connectivity index (χ1) is 8.66. The van der Waals surface area contributed by atoms with E-state index in [9.17, 15) is 4.79 Å². The zero-order valence-corrected chi connectivity index (χ0v) is 11.9. The summed E-state index contributed by atoms with van der Waals surface area (Å²) in [4.78, 5) is 11.8. The number of rotatable bonds is 4. The molecule has 0 spiro atoms. The predicted octanol–water partition coefficient (Wildman–Crippen LogP) is 3.33. The number of carbonyl (C=O) groups is 1. The summed E-state index contributed by atoms with van der Waals surface area (Å²) >= 11 is 9.23. The van der Waals surface area contributed by atoms with Gasteiger partial charge in [-0.15, -0.1) is 0 Å². The molecule has 0 bridgehead atoms. The Morgan fingerprint density at radius 3 is 2.72 bits per heavy atom. The fraction of sp³-hybridized carbons (Fsp3) is 0.154. The van der Waals surface area contributed by atoms with E-state index in [1.807, 2.05) is 29.1 Å². The van der Waals surface area contributed by atoms with Crippen molar-refractivity contribution in [2.24, 2.45) is 0 Å². The van der Waals surface area contributed by atoms with Crippen LogP contribution in [0.2, 0.25) is 5.02 Å². The van der Waals surface area contributed by atoms with Crippen molar-refractivity contribution < 1.29 is 4.79 Å². The van der Waals surface area contributed by atoms with Gasteiger partial charge < -0.3 is 9.88 Å². The molecule has 0 unspecified atom stereocenters. The van der Waals surface area contributed by atoms with E-state index >= 15 is 0 Å². The number of aromatic nitrogens is 1. The molecule has 1 aromatic carbocycles. The molecule has 2 rings (SSSR count). The molecule has 0 aliphatic rings. The topological polar surface area (TPSA) is 34.0 Å². The first-order valence-electron chi connectivity index (χ1n) is 5.51. The first-order valence-corrected chi connectivity index (χ1v) is 6.68. The third kappa shape index (κ3) is 3.37. The van der Waals surface area contributed by atoms with E-state index in [2.05, 4.69) is 21.2 Å². The SMILES string of the molecule is O=C(NCCn1cccc1)c1ccc(Br)c(Cl)c1. The summed E-state index contributed by atoms with van der Waals surface area (Å²) in [6, 6.07) is 9.06. The summed E-state index contributed by atoms with van der Waals surface area (Å²) < 4.78 is 2.79. The lowest BCUT2D eigenvalue weighted by Gasteiger charge is -2.07. The van der Waals surface area contributed by atoms with E-state index < -0.39 is 0 Å². The Balaban J connectivity index is 1.89. The van der Waals surface area contributed by atoms with Crippen LogP contribution in [0.25, 0.3) is 0 Å². The summed E-state index contributed by atoms with van der Waals surface area (Å²) in [5, 5.41) is 3.39. The lowest BCUT2D eigenvalue weighted by Crippen LogP contribution is -2.26. The zero-order chi connectivity index (χ0) is 13.0. The Morgan fingerprint density at radius 2 is 2.06 bits per heavy atom. The summed E-state index contributed by atoms with van der Waals surface area (Å²) in [5.41, 5.74) is 0.565. The number of benzene rings is 1. The maximum Gasteiger partial charge on any atom is 0.251 e. The molecule has 1 heterocycles. The number of amides is 1. The number of nitrogens with zero attached hydrogens (tertiary/aromatic N) is 1. The number of carbonyl (C=O) groups excluding carboxylic acids is 1. The van der Waals surface area contributed by atoms with Gasteiger partial charge in [-0.2, -0.15) is 0 Å². The second-order valence-corrected chi connectivity index (χ2v) is 5.07. The molecule has 0 saturated heterocycles. The predicted molar refractivity (Wildman–Crippen MR) is 75.9 cm³/mol. The molecule has 18 heavy (non-hydrogen) atoms. The van der Waals surface area contributed by atoms with Gasteiger partial charge in [-0.3, -0.25) is 4.79 Å². The molecule has 0 fully saturated rings. The van der Waals surface area contributed by atoms with Gasteiger partial charge in [-0.25, -0.2) is 0 Å². The Bertz CT molecular complexity index is 540. The van der Waals surface area contributed by atoms with Gasteiger partial charge >= 0.3 is 0 Å². The molecule has 2 aromatic rings. The fourth-order valence-electron chi connectivity index (χ4n) is 1.56. The van der Waals surface area contributed by atoms with Gasteiger partial charge in [-0.05, 0) is 46.3 Å². The van der Waals surface area contributed by atoms with Crippen molar-refractivity contribution in [3.63, 3.8) is 0 Å². The van der Waals surface area contributed by atoms with Gasteiger partial charge in [0, 0.05) is 35.5 Å². The number of hydrogen-bond donors (Lipinski definition) is 1. The van der Waals surface area contributed by atoms with Gasteiger partial charge in [0.05, 0.1) is 5.02 Å². The molecular weight excluding hydrogens is 316 g/mol. The Labute approximate surface area is 119 Å². The molecule has 1 amide bonds. The van der Waals surface area contributed by atoms with Gasteiger partial charge in [0.1, 0.15) is 0 Å². The Morgan fingerprint density at radius 1 is 1.33 bits per heavy atom. The minimum atomic E-state index is -0.114. The molecule has 94 valence electrons. The fourth-order valence-corrected chi connectivity index (χ4v) is 1.98. The maximum absolute atomic E-state index is 11.8. The maximum atomic E-state index is 11.8. The van der Waals surface area contributed by atoms with Crippen LogP contribution in [0.15, 0.2) is 47.2 Å². The number of halogens is 2. The van der Waals surface area contributed by atoms with Crippen LogP contribution in [0.3, 0.4) is 0 Å². The van der Waals surface area contributed by atoms with E-state index in [0.29, 0.717) is 17.1 Å². The summed E-state index contributed by atoms with van der Waals surface area (Å²) in [6.45, 7) is 1.34. The minimum Gasteiger partial charge on any atom is -0.353 e. The number of nitrogens with one attached hydrogen (secondary N) is 1. The van der Waals surface area contributed by atoms with E-state index in [0.717, 1.165) is 11.0 Å². The van der Waals surface area contributed by atoms with Crippen molar-refractivity contribution in [1.29, 1.82) is 0 Å². The van der Waals surface area contributed by atoms with E-state index in [4.69, 9.17) is 11.6 Å². The van der Waals surface area contributed by atoms with Crippen LogP contribution >= 0.6 is 27.5 Å².